The normalized spacial score (nSPS) is 26.4. The maximum atomic E-state index is 6.21. The Kier molecular flexibility index (Phi) is 6.19. The van der Waals surface area contributed by atoms with Gasteiger partial charge in [-0.05, 0) is 43.0 Å². The summed E-state index contributed by atoms with van der Waals surface area (Å²) in [6.45, 7) is 3.84. The van der Waals surface area contributed by atoms with Crippen LogP contribution in [0.1, 0.15) is 32.6 Å². The molecule has 0 aliphatic heterocycles. The van der Waals surface area contributed by atoms with Crippen molar-refractivity contribution in [2.45, 2.75) is 38.1 Å². The van der Waals surface area contributed by atoms with Crippen LogP contribution in [0.2, 0.25) is 0 Å². The number of alkyl halides is 1. The Bertz CT molecular complexity index is 411. The molecule has 1 fully saturated rings. The quantitative estimate of drug-likeness (QED) is 0.591. The Labute approximate surface area is 135 Å². The Morgan fingerprint density at radius 3 is 2.80 bits per heavy atom. The molecule has 112 valence electrons. The van der Waals surface area contributed by atoms with Crippen LogP contribution in [0.25, 0.3) is 0 Å². The van der Waals surface area contributed by atoms with Gasteiger partial charge in [-0.3, -0.25) is 0 Å². The third kappa shape index (κ3) is 4.64. The summed E-state index contributed by atoms with van der Waals surface area (Å²) in [5.74, 6) is 2.37. The average molecular weight is 361 g/mol. The zero-order valence-electron chi connectivity index (χ0n) is 12.0. The van der Waals surface area contributed by atoms with Crippen molar-refractivity contribution in [3.05, 3.63) is 28.7 Å². The molecular formula is C16H23BrClNO. The van der Waals surface area contributed by atoms with Crippen LogP contribution >= 0.6 is 27.5 Å². The zero-order valence-corrected chi connectivity index (χ0v) is 14.3. The zero-order chi connectivity index (χ0) is 14.4. The molecule has 1 saturated carbocycles. The summed E-state index contributed by atoms with van der Waals surface area (Å²) in [5, 5.41) is 3.63. The Hall–Kier alpha value is -0.250. The summed E-state index contributed by atoms with van der Waals surface area (Å²) >= 11 is 9.63. The number of halogens is 2. The van der Waals surface area contributed by atoms with Crippen LogP contribution in [0, 0.1) is 5.92 Å². The first-order valence-electron chi connectivity index (χ1n) is 7.33. The molecule has 20 heavy (non-hydrogen) atoms. The van der Waals surface area contributed by atoms with Gasteiger partial charge in [-0.25, -0.2) is 0 Å². The van der Waals surface area contributed by atoms with Gasteiger partial charge in [0.2, 0.25) is 0 Å². The monoisotopic (exact) mass is 359 g/mol. The van der Waals surface area contributed by atoms with Crippen molar-refractivity contribution in [3.8, 4) is 5.75 Å². The van der Waals surface area contributed by atoms with Crippen LogP contribution in [-0.2, 0) is 0 Å². The lowest BCUT2D eigenvalue weighted by molar-refractivity contribution is 0.195. The van der Waals surface area contributed by atoms with Crippen LogP contribution in [0.4, 0.5) is 0 Å². The first-order valence-corrected chi connectivity index (χ1v) is 8.66. The van der Waals surface area contributed by atoms with Gasteiger partial charge in [-0.2, -0.15) is 0 Å². The fraction of sp³-hybridized carbons (Fsp3) is 0.625. The van der Waals surface area contributed by atoms with E-state index in [-0.39, 0.29) is 5.54 Å². The molecule has 0 radical (unpaired) electrons. The molecule has 1 aromatic carbocycles. The highest BCUT2D eigenvalue weighted by Gasteiger charge is 2.33. The molecule has 2 atom stereocenters. The molecule has 1 N–H and O–H groups in total. The average Bonchev–Trinajstić information content (AvgIpc) is 2.45. The van der Waals surface area contributed by atoms with Crippen LogP contribution in [-0.4, -0.2) is 24.6 Å². The van der Waals surface area contributed by atoms with Crippen molar-refractivity contribution in [2.24, 2.45) is 5.92 Å². The number of benzene rings is 1. The highest BCUT2D eigenvalue weighted by Crippen LogP contribution is 2.33. The molecule has 0 saturated heterocycles. The standard InChI is InChI=1S/C16H23BrClNO/c1-13-3-2-8-16(11-13,12-18)19-9-10-20-15-6-4-14(17)5-7-15/h4-7,13,19H,2-3,8-12H2,1H3. The first-order chi connectivity index (χ1) is 9.63. The van der Waals surface area contributed by atoms with Crippen molar-refractivity contribution < 1.29 is 4.74 Å². The van der Waals surface area contributed by atoms with Crippen LogP contribution in [0.3, 0.4) is 0 Å². The minimum atomic E-state index is 0.113. The van der Waals surface area contributed by atoms with Gasteiger partial charge in [0.05, 0.1) is 0 Å². The molecule has 4 heteroatoms. The van der Waals surface area contributed by atoms with Crippen LogP contribution in [0.15, 0.2) is 28.7 Å². The molecule has 1 aliphatic rings. The van der Waals surface area contributed by atoms with E-state index in [9.17, 15) is 0 Å². The second kappa shape index (κ2) is 7.67. The lowest BCUT2D eigenvalue weighted by Gasteiger charge is -2.39. The van der Waals surface area contributed by atoms with Gasteiger partial charge < -0.3 is 10.1 Å². The molecule has 0 spiro atoms. The van der Waals surface area contributed by atoms with E-state index in [1.807, 2.05) is 24.3 Å². The van der Waals surface area contributed by atoms with E-state index >= 15 is 0 Å². The summed E-state index contributed by atoms with van der Waals surface area (Å²) < 4.78 is 6.81. The van der Waals surface area contributed by atoms with Crippen molar-refractivity contribution in [1.29, 1.82) is 0 Å². The van der Waals surface area contributed by atoms with E-state index in [0.29, 0.717) is 12.5 Å². The molecule has 2 nitrogen and oxygen atoms in total. The van der Waals surface area contributed by atoms with Crippen LogP contribution < -0.4 is 10.1 Å². The van der Waals surface area contributed by atoms with E-state index in [1.165, 1.54) is 25.7 Å². The second-order valence-corrected chi connectivity index (χ2v) is 7.03. The topological polar surface area (TPSA) is 21.3 Å². The third-order valence-electron chi connectivity index (χ3n) is 4.03. The Morgan fingerprint density at radius 1 is 1.40 bits per heavy atom. The fourth-order valence-corrected chi connectivity index (χ4v) is 3.61. The number of hydrogen-bond acceptors (Lipinski definition) is 2. The van der Waals surface area contributed by atoms with E-state index in [0.717, 1.165) is 22.7 Å². The molecule has 2 unspecified atom stereocenters. The lowest BCUT2D eigenvalue weighted by atomic mass is 9.77. The van der Waals surface area contributed by atoms with Gasteiger partial charge in [-0.15, -0.1) is 11.6 Å². The lowest BCUT2D eigenvalue weighted by Crippen LogP contribution is -2.51. The van der Waals surface area contributed by atoms with Crippen molar-refractivity contribution in [1.82, 2.24) is 5.32 Å². The molecule has 2 rings (SSSR count). The van der Waals surface area contributed by atoms with Gasteiger partial charge in [0, 0.05) is 22.4 Å². The summed E-state index contributed by atoms with van der Waals surface area (Å²) in [4.78, 5) is 0. The highest BCUT2D eigenvalue weighted by atomic mass is 79.9. The second-order valence-electron chi connectivity index (χ2n) is 5.84. The fourth-order valence-electron chi connectivity index (χ4n) is 3.01. The number of nitrogens with one attached hydrogen (secondary N) is 1. The Balaban J connectivity index is 1.75. The minimum Gasteiger partial charge on any atom is -0.492 e. The largest absolute Gasteiger partial charge is 0.492 e. The van der Waals surface area contributed by atoms with E-state index < -0.39 is 0 Å². The van der Waals surface area contributed by atoms with E-state index in [4.69, 9.17) is 16.3 Å². The summed E-state index contributed by atoms with van der Waals surface area (Å²) in [6.07, 6.45) is 4.96. The number of ether oxygens (including phenoxy) is 1. The molecular weight excluding hydrogens is 338 g/mol. The van der Waals surface area contributed by atoms with Gasteiger partial charge in [0.15, 0.2) is 0 Å². The summed E-state index contributed by atoms with van der Waals surface area (Å²) in [6, 6.07) is 7.94. The molecule has 0 heterocycles. The summed E-state index contributed by atoms with van der Waals surface area (Å²) in [7, 11) is 0. The number of rotatable bonds is 6. The molecule has 0 bridgehead atoms. The highest BCUT2D eigenvalue weighted by molar-refractivity contribution is 9.10. The Morgan fingerprint density at radius 2 is 2.15 bits per heavy atom. The molecule has 1 aliphatic carbocycles. The van der Waals surface area contributed by atoms with Gasteiger partial charge in [0.25, 0.3) is 0 Å². The van der Waals surface area contributed by atoms with Crippen LogP contribution in [0.5, 0.6) is 5.75 Å². The smallest absolute Gasteiger partial charge is 0.119 e. The third-order valence-corrected chi connectivity index (χ3v) is 5.07. The van der Waals surface area contributed by atoms with Gasteiger partial charge in [0.1, 0.15) is 12.4 Å². The SMILES string of the molecule is CC1CCCC(CCl)(NCCOc2ccc(Br)cc2)C1. The van der Waals surface area contributed by atoms with Gasteiger partial charge >= 0.3 is 0 Å². The predicted octanol–water partition coefficient (Wildman–Crippen LogP) is 4.61. The molecule has 0 amide bonds. The first kappa shape index (κ1) is 16.1. The number of hydrogen-bond donors (Lipinski definition) is 1. The maximum Gasteiger partial charge on any atom is 0.119 e. The van der Waals surface area contributed by atoms with E-state index in [2.05, 4.69) is 28.2 Å². The van der Waals surface area contributed by atoms with Crippen molar-refractivity contribution >= 4 is 27.5 Å². The van der Waals surface area contributed by atoms with Gasteiger partial charge in [-0.1, -0.05) is 35.7 Å². The minimum absolute atomic E-state index is 0.113. The maximum absolute atomic E-state index is 6.21. The summed E-state index contributed by atoms with van der Waals surface area (Å²) in [5.41, 5.74) is 0.113. The molecule has 1 aromatic rings. The van der Waals surface area contributed by atoms with Crippen molar-refractivity contribution in [3.63, 3.8) is 0 Å². The predicted molar refractivity (Wildman–Crippen MR) is 88.7 cm³/mol. The van der Waals surface area contributed by atoms with Crippen molar-refractivity contribution in [2.75, 3.05) is 19.0 Å². The van der Waals surface area contributed by atoms with E-state index in [1.54, 1.807) is 0 Å². The molecule has 0 aromatic heterocycles.